The van der Waals surface area contributed by atoms with E-state index in [1.807, 2.05) is 0 Å². The fraction of sp³-hybridized carbons (Fsp3) is 1.00. The summed E-state index contributed by atoms with van der Waals surface area (Å²) in [6.07, 6.45) is -1.82. The molecule has 0 aliphatic heterocycles. The summed E-state index contributed by atoms with van der Waals surface area (Å²) in [5, 5.41) is 0. The van der Waals surface area contributed by atoms with Gasteiger partial charge in [-0.2, -0.15) is 13.2 Å². The van der Waals surface area contributed by atoms with Crippen molar-refractivity contribution in [1.82, 2.24) is 0 Å². The molecule has 17 heavy (non-hydrogen) atoms. The third kappa shape index (κ3) is 7.60. The van der Waals surface area contributed by atoms with Crippen LogP contribution in [0.5, 0.6) is 0 Å². The number of rotatable bonds is 8. The summed E-state index contributed by atoms with van der Waals surface area (Å²) >= 11 is 0. The van der Waals surface area contributed by atoms with Crippen LogP contribution < -0.4 is 5.73 Å². The van der Waals surface area contributed by atoms with E-state index in [-0.39, 0.29) is 0 Å². The monoisotopic (exact) mass is 255 g/mol. The molecule has 0 saturated carbocycles. The molecule has 0 aromatic rings. The molecule has 0 radical (unpaired) electrons. The van der Waals surface area contributed by atoms with E-state index < -0.39 is 24.4 Å². The van der Waals surface area contributed by atoms with E-state index in [1.54, 1.807) is 6.92 Å². The van der Waals surface area contributed by atoms with Crippen molar-refractivity contribution in [3.8, 4) is 0 Å². The SMILES string of the molecule is CCCCCCC(C)OC(C(C)N)C(F)(F)F. The molecule has 0 aromatic heterocycles. The molecule has 3 atom stereocenters. The van der Waals surface area contributed by atoms with Gasteiger partial charge in [-0.1, -0.05) is 32.6 Å². The Morgan fingerprint density at radius 2 is 1.71 bits per heavy atom. The molecule has 104 valence electrons. The quantitative estimate of drug-likeness (QED) is 0.672. The Hall–Kier alpha value is -0.290. The molecule has 0 aromatic carbocycles. The molecular formula is C12H24F3NO. The van der Waals surface area contributed by atoms with Crippen molar-refractivity contribution >= 4 is 0 Å². The number of ether oxygens (including phenoxy) is 1. The van der Waals surface area contributed by atoms with Crippen LogP contribution >= 0.6 is 0 Å². The van der Waals surface area contributed by atoms with Crippen molar-refractivity contribution in [2.24, 2.45) is 5.73 Å². The highest BCUT2D eigenvalue weighted by molar-refractivity contribution is 4.77. The van der Waals surface area contributed by atoms with Gasteiger partial charge in [0.2, 0.25) is 0 Å². The normalized spacial score (nSPS) is 17.8. The zero-order chi connectivity index (χ0) is 13.5. The number of hydrogen-bond acceptors (Lipinski definition) is 2. The molecule has 5 heteroatoms. The Kier molecular flexibility index (Phi) is 7.79. The minimum atomic E-state index is -4.38. The van der Waals surface area contributed by atoms with Gasteiger partial charge in [-0.15, -0.1) is 0 Å². The van der Waals surface area contributed by atoms with E-state index in [0.29, 0.717) is 6.42 Å². The van der Waals surface area contributed by atoms with Gasteiger partial charge in [0.05, 0.1) is 6.10 Å². The summed E-state index contributed by atoms with van der Waals surface area (Å²) in [7, 11) is 0. The molecule has 0 saturated heterocycles. The van der Waals surface area contributed by atoms with Crippen LogP contribution in [0.1, 0.15) is 52.9 Å². The maximum absolute atomic E-state index is 12.6. The molecule has 0 bridgehead atoms. The van der Waals surface area contributed by atoms with Gasteiger partial charge >= 0.3 is 6.18 Å². The largest absolute Gasteiger partial charge is 0.416 e. The molecule has 0 rings (SSSR count). The van der Waals surface area contributed by atoms with Gasteiger partial charge in [-0.3, -0.25) is 0 Å². The van der Waals surface area contributed by atoms with Gasteiger partial charge in [0, 0.05) is 6.04 Å². The molecule has 0 aliphatic carbocycles. The summed E-state index contributed by atoms with van der Waals surface area (Å²) in [5.74, 6) is 0. The van der Waals surface area contributed by atoms with Crippen LogP contribution in [0.15, 0.2) is 0 Å². The lowest BCUT2D eigenvalue weighted by Crippen LogP contribution is -2.46. The van der Waals surface area contributed by atoms with Gasteiger partial charge in [0.1, 0.15) is 0 Å². The van der Waals surface area contributed by atoms with Gasteiger partial charge in [0.15, 0.2) is 6.10 Å². The number of unbranched alkanes of at least 4 members (excludes halogenated alkanes) is 3. The van der Waals surface area contributed by atoms with Crippen LogP contribution in [0.2, 0.25) is 0 Å². The third-order valence-electron chi connectivity index (χ3n) is 2.64. The first-order chi connectivity index (χ1) is 7.79. The van der Waals surface area contributed by atoms with E-state index >= 15 is 0 Å². The summed E-state index contributed by atoms with van der Waals surface area (Å²) in [4.78, 5) is 0. The molecule has 0 amide bonds. The average molecular weight is 255 g/mol. The molecular weight excluding hydrogens is 231 g/mol. The van der Waals surface area contributed by atoms with Crippen molar-refractivity contribution in [1.29, 1.82) is 0 Å². The van der Waals surface area contributed by atoms with Gasteiger partial charge in [-0.25, -0.2) is 0 Å². The number of hydrogen-bond donors (Lipinski definition) is 1. The van der Waals surface area contributed by atoms with Gasteiger partial charge in [0.25, 0.3) is 0 Å². The van der Waals surface area contributed by atoms with Crippen molar-refractivity contribution in [2.75, 3.05) is 0 Å². The summed E-state index contributed by atoms with van der Waals surface area (Å²) in [5.41, 5.74) is 5.30. The van der Waals surface area contributed by atoms with Crippen molar-refractivity contribution in [2.45, 2.75) is 77.3 Å². The second-order valence-electron chi connectivity index (χ2n) is 4.62. The molecule has 3 unspecified atom stereocenters. The predicted molar refractivity (Wildman–Crippen MR) is 62.8 cm³/mol. The molecule has 0 spiro atoms. The van der Waals surface area contributed by atoms with Gasteiger partial charge < -0.3 is 10.5 Å². The predicted octanol–water partition coefficient (Wildman–Crippen LogP) is 3.64. The number of nitrogens with two attached hydrogens (primary N) is 1. The minimum absolute atomic E-state index is 0.399. The smallest absolute Gasteiger partial charge is 0.364 e. The first-order valence-corrected chi connectivity index (χ1v) is 6.26. The summed E-state index contributed by atoms with van der Waals surface area (Å²) in [6.45, 7) is 5.09. The van der Waals surface area contributed by atoms with Crippen molar-refractivity contribution in [3.05, 3.63) is 0 Å². The highest BCUT2D eigenvalue weighted by atomic mass is 19.4. The average Bonchev–Trinajstić information content (AvgIpc) is 2.19. The topological polar surface area (TPSA) is 35.2 Å². The van der Waals surface area contributed by atoms with E-state index in [0.717, 1.165) is 25.7 Å². The Bertz CT molecular complexity index is 195. The molecule has 2 nitrogen and oxygen atoms in total. The van der Waals surface area contributed by atoms with E-state index in [2.05, 4.69) is 6.92 Å². The summed E-state index contributed by atoms with van der Waals surface area (Å²) in [6, 6.07) is -1.03. The first-order valence-electron chi connectivity index (χ1n) is 6.26. The molecule has 0 fully saturated rings. The van der Waals surface area contributed by atoms with Crippen LogP contribution in [-0.2, 0) is 4.74 Å². The van der Waals surface area contributed by atoms with E-state index in [4.69, 9.17) is 10.5 Å². The summed E-state index contributed by atoms with van der Waals surface area (Å²) < 4.78 is 42.7. The van der Waals surface area contributed by atoms with E-state index in [9.17, 15) is 13.2 Å². The molecule has 0 aliphatic rings. The lowest BCUT2D eigenvalue weighted by Gasteiger charge is -2.27. The van der Waals surface area contributed by atoms with Crippen LogP contribution in [0.3, 0.4) is 0 Å². The lowest BCUT2D eigenvalue weighted by molar-refractivity contribution is -0.236. The van der Waals surface area contributed by atoms with E-state index in [1.165, 1.54) is 6.92 Å². The second kappa shape index (κ2) is 7.93. The van der Waals surface area contributed by atoms with Crippen LogP contribution in [0.4, 0.5) is 13.2 Å². The molecule has 2 N–H and O–H groups in total. The molecule has 0 heterocycles. The highest BCUT2D eigenvalue weighted by Crippen LogP contribution is 2.26. The fourth-order valence-corrected chi connectivity index (χ4v) is 1.68. The standard InChI is InChI=1S/C12H24F3NO/c1-4-5-6-7-8-9(2)17-11(10(3)16)12(13,14)15/h9-11H,4-8,16H2,1-3H3. The highest BCUT2D eigenvalue weighted by Gasteiger charge is 2.43. The van der Waals surface area contributed by atoms with Crippen molar-refractivity contribution in [3.63, 3.8) is 0 Å². The first kappa shape index (κ1) is 16.7. The maximum Gasteiger partial charge on any atom is 0.416 e. The van der Waals surface area contributed by atoms with Crippen LogP contribution in [0, 0.1) is 0 Å². The zero-order valence-corrected chi connectivity index (χ0v) is 10.9. The maximum atomic E-state index is 12.6. The Labute approximate surface area is 102 Å². The number of alkyl halides is 3. The fourth-order valence-electron chi connectivity index (χ4n) is 1.68. The zero-order valence-electron chi connectivity index (χ0n) is 10.9. The Balaban J connectivity index is 4.01. The van der Waals surface area contributed by atoms with Gasteiger partial charge in [-0.05, 0) is 20.3 Å². The van der Waals surface area contributed by atoms with Crippen LogP contribution in [-0.4, -0.2) is 24.4 Å². The van der Waals surface area contributed by atoms with Crippen LogP contribution in [0.25, 0.3) is 0 Å². The Morgan fingerprint density at radius 3 is 2.12 bits per heavy atom. The lowest BCUT2D eigenvalue weighted by atomic mass is 10.1. The van der Waals surface area contributed by atoms with Crippen molar-refractivity contribution < 1.29 is 17.9 Å². The minimum Gasteiger partial charge on any atom is -0.364 e. The second-order valence-corrected chi connectivity index (χ2v) is 4.62. The Morgan fingerprint density at radius 1 is 1.12 bits per heavy atom. The number of halogens is 3. The third-order valence-corrected chi connectivity index (χ3v) is 2.64.